The van der Waals surface area contributed by atoms with Crippen molar-refractivity contribution in [2.45, 2.75) is 0 Å². The van der Waals surface area contributed by atoms with Gasteiger partial charge in [0.1, 0.15) is 11.0 Å². The van der Waals surface area contributed by atoms with Crippen molar-refractivity contribution in [3.8, 4) is 23.2 Å². The van der Waals surface area contributed by atoms with E-state index in [1.165, 1.54) is 12.1 Å². The SMILES string of the molecule is Oc1ccc2oc(O)c(O)c2c1O. The van der Waals surface area contributed by atoms with Crippen molar-refractivity contribution in [2.24, 2.45) is 0 Å². The molecule has 0 unspecified atom stereocenters. The van der Waals surface area contributed by atoms with Gasteiger partial charge in [0.2, 0.25) is 5.75 Å². The van der Waals surface area contributed by atoms with Gasteiger partial charge in [-0.15, -0.1) is 0 Å². The lowest BCUT2D eigenvalue weighted by molar-refractivity contribution is 0.316. The quantitative estimate of drug-likeness (QED) is 0.460. The molecule has 0 amide bonds. The molecule has 0 radical (unpaired) electrons. The molecule has 5 heteroatoms. The Hall–Kier alpha value is -2.04. The second-order valence-corrected chi connectivity index (χ2v) is 2.56. The molecule has 0 aliphatic carbocycles. The first kappa shape index (κ1) is 7.60. The van der Waals surface area contributed by atoms with Gasteiger partial charge in [0.25, 0.3) is 0 Å². The fraction of sp³-hybridized carbons (Fsp3) is 0. The van der Waals surface area contributed by atoms with Gasteiger partial charge >= 0.3 is 5.95 Å². The first-order valence-electron chi connectivity index (χ1n) is 3.46. The van der Waals surface area contributed by atoms with Crippen LogP contribution in [0.25, 0.3) is 11.0 Å². The van der Waals surface area contributed by atoms with Crippen molar-refractivity contribution >= 4 is 11.0 Å². The van der Waals surface area contributed by atoms with Gasteiger partial charge in [-0.3, -0.25) is 0 Å². The Labute approximate surface area is 72.1 Å². The maximum absolute atomic E-state index is 9.27. The molecule has 68 valence electrons. The summed E-state index contributed by atoms with van der Waals surface area (Å²) in [5, 5.41) is 36.4. The molecule has 0 saturated carbocycles. The topological polar surface area (TPSA) is 94.1 Å². The molecular weight excluding hydrogens is 176 g/mol. The number of benzene rings is 1. The zero-order chi connectivity index (χ0) is 9.59. The van der Waals surface area contributed by atoms with Crippen LogP contribution in [0.5, 0.6) is 23.2 Å². The van der Waals surface area contributed by atoms with Crippen LogP contribution in [0.3, 0.4) is 0 Å². The molecule has 1 heterocycles. The lowest BCUT2D eigenvalue weighted by Gasteiger charge is -1.96. The fourth-order valence-electron chi connectivity index (χ4n) is 1.13. The third-order valence-electron chi connectivity index (χ3n) is 1.76. The predicted octanol–water partition coefficient (Wildman–Crippen LogP) is 1.26. The molecule has 4 N–H and O–H groups in total. The van der Waals surface area contributed by atoms with E-state index in [1.807, 2.05) is 0 Å². The molecule has 5 nitrogen and oxygen atoms in total. The number of aromatic hydroxyl groups is 4. The molecular formula is C8H6O5. The highest BCUT2D eigenvalue weighted by Crippen LogP contribution is 2.45. The summed E-state index contributed by atoms with van der Waals surface area (Å²) >= 11 is 0. The van der Waals surface area contributed by atoms with E-state index >= 15 is 0 Å². The first-order valence-corrected chi connectivity index (χ1v) is 3.46. The van der Waals surface area contributed by atoms with Crippen LogP contribution in [-0.4, -0.2) is 20.4 Å². The monoisotopic (exact) mass is 182 g/mol. The Morgan fingerprint density at radius 2 is 1.62 bits per heavy atom. The van der Waals surface area contributed by atoms with Gasteiger partial charge in [0.05, 0.1) is 0 Å². The Bertz CT molecular complexity index is 471. The largest absolute Gasteiger partial charge is 0.504 e. The molecule has 13 heavy (non-hydrogen) atoms. The highest BCUT2D eigenvalue weighted by atomic mass is 16.5. The zero-order valence-corrected chi connectivity index (χ0v) is 6.35. The van der Waals surface area contributed by atoms with Gasteiger partial charge in [-0.25, -0.2) is 0 Å². The highest BCUT2D eigenvalue weighted by Gasteiger charge is 2.17. The molecule has 0 bridgehead atoms. The maximum Gasteiger partial charge on any atom is 0.327 e. The number of hydrogen-bond donors (Lipinski definition) is 4. The molecule has 2 rings (SSSR count). The Morgan fingerprint density at radius 1 is 0.923 bits per heavy atom. The third kappa shape index (κ3) is 0.868. The average Bonchev–Trinajstić information content (AvgIpc) is 2.37. The number of furan rings is 1. The highest BCUT2D eigenvalue weighted by molar-refractivity contribution is 5.93. The van der Waals surface area contributed by atoms with Crippen LogP contribution in [0.1, 0.15) is 0 Å². The number of phenolic OH excluding ortho intramolecular Hbond substituents is 2. The van der Waals surface area contributed by atoms with Crippen LogP contribution in [0.15, 0.2) is 16.5 Å². The summed E-state index contributed by atoms with van der Waals surface area (Å²) in [5.41, 5.74) is 0.102. The van der Waals surface area contributed by atoms with Gasteiger partial charge in [0.15, 0.2) is 11.5 Å². The van der Waals surface area contributed by atoms with E-state index in [-0.39, 0.29) is 16.7 Å². The molecule has 0 spiro atoms. The van der Waals surface area contributed by atoms with Crippen molar-refractivity contribution in [3.63, 3.8) is 0 Å². The standard InChI is InChI=1S/C8H6O5/c9-3-1-2-4-5(6(3)10)7(11)8(12)13-4/h1-2,9-12H. The van der Waals surface area contributed by atoms with Crippen LogP contribution in [-0.2, 0) is 0 Å². The molecule has 1 aromatic heterocycles. The van der Waals surface area contributed by atoms with E-state index in [0.29, 0.717) is 0 Å². The minimum absolute atomic E-state index is 0.0995. The van der Waals surface area contributed by atoms with E-state index in [4.69, 9.17) is 10.2 Å². The van der Waals surface area contributed by atoms with Crippen molar-refractivity contribution in [1.82, 2.24) is 0 Å². The van der Waals surface area contributed by atoms with E-state index in [2.05, 4.69) is 4.42 Å². The first-order chi connectivity index (χ1) is 6.11. The Morgan fingerprint density at radius 3 is 2.31 bits per heavy atom. The van der Waals surface area contributed by atoms with Crippen LogP contribution in [0.4, 0.5) is 0 Å². The second-order valence-electron chi connectivity index (χ2n) is 2.56. The number of fused-ring (bicyclic) bond motifs is 1. The lowest BCUT2D eigenvalue weighted by Crippen LogP contribution is -1.70. The smallest absolute Gasteiger partial charge is 0.327 e. The van der Waals surface area contributed by atoms with Crippen LogP contribution in [0, 0.1) is 0 Å². The van der Waals surface area contributed by atoms with Crippen LogP contribution >= 0.6 is 0 Å². The van der Waals surface area contributed by atoms with Crippen LogP contribution < -0.4 is 0 Å². The summed E-state index contributed by atoms with van der Waals surface area (Å²) in [7, 11) is 0. The lowest BCUT2D eigenvalue weighted by atomic mass is 10.2. The zero-order valence-electron chi connectivity index (χ0n) is 6.35. The average molecular weight is 182 g/mol. The number of hydrogen-bond acceptors (Lipinski definition) is 5. The van der Waals surface area contributed by atoms with E-state index in [9.17, 15) is 10.2 Å². The number of phenols is 2. The van der Waals surface area contributed by atoms with Crippen molar-refractivity contribution in [3.05, 3.63) is 12.1 Å². The molecule has 0 fully saturated rings. The summed E-state index contributed by atoms with van der Waals surface area (Å²) in [4.78, 5) is 0. The van der Waals surface area contributed by atoms with E-state index in [1.54, 1.807) is 0 Å². The Balaban J connectivity index is 2.97. The molecule has 1 aromatic carbocycles. The van der Waals surface area contributed by atoms with Gasteiger partial charge in [-0.05, 0) is 12.1 Å². The summed E-state index contributed by atoms with van der Waals surface area (Å²) in [5.74, 6) is -2.16. The van der Waals surface area contributed by atoms with Gasteiger partial charge in [0, 0.05) is 0 Å². The second kappa shape index (κ2) is 2.22. The minimum atomic E-state index is -0.684. The fourth-order valence-corrected chi connectivity index (χ4v) is 1.13. The maximum atomic E-state index is 9.27. The summed E-state index contributed by atoms with van der Waals surface area (Å²) < 4.78 is 4.67. The molecule has 0 atom stereocenters. The summed E-state index contributed by atoms with van der Waals surface area (Å²) in [6.07, 6.45) is 0. The normalized spacial score (nSPS) is 10.8. The third-order valence-corrected chi connectivity index (χ3v) is 1.76. The van der Waals surface area contributed by atoms with Crippen molar-refractivity contribution in [2.75, 3.05) is 0 Å². The molecule has 0 aliphatic heterocycles. The van der Waals surface area contributed by atoms with E-state index < -0.39 is 17.4 Å². The summed E-state index contributed by atoms with van der Waals surface area (Å²) in [6, 6.07) is 2.52. The van der Waals surface area contributed by atoms with Crippen molar-refractivity contribution in [1.29, 1.82) is 0 Å². The minimum Gasteiger partial charge on any atom is -0.504 e. The van der Waals surface area contributed by atoms with Crippen molar-refractivity contribution < 1.29 is 24.8 Å². The Kier molecular flexibility index (Phi) is 1.30. The molecule has 2 aromatic rings. The van der Waals surface area contributed by atoms with Gasteiger partial charge in [-0.1, -0.05) is 0 Å². The van der Waals surface area contributed by atoms with Crippen LogP contribution in [0.2, 0.25) is 0 Å². The molecule has 0 saturated heterocycles. The number of rotatable bonds is 0. The van der Waals surface area contributed by atoms with Gasteiger partial charge < -0.3 is 24.8 Å². The molecule has 0 aliphatic rings. The van der Waals surface area contributed by atoms with E-state index in [0.717, 1.165) is 0 Å². The van der Waals surface area contributed by atoms with Gasteiger partial charge in [-0.2, -0.15) is 0 Å². The predicted molar refractivity (Wildman–Crippen MR) is 42.9 cm³/mol. The summed E-state index contributed by atoms with van der Waals surface area (Å²) in [6.45, 7) is 0.